The molecule has 4 N–H and O–H groups in total. The number of aromatic nitrogens is 2. The highest BCUT2D eigenvalue weighted by atomic mass is 16.4. The molecule has 0 saturated heterocycles. The summed E-state index contributed by atoms with van der Waals surface area (Å²) in [7, 11) is 0. The number of phenols is 2. The van der Waals surface area contributed by atoms with E-state index in [4.69, 9.17) is 8.83 Å². The van der Waals surface area contributed by atoms with Crippen molar-refractivity contribution >= 4 is 16.7 Å². The zero-order chi connectivity index (χ0) is 20.5. The first-order chi connectivity index (χ1) is 14.0. The lowest BCUT2D eigenvalue weighted by Gasteiger charge is -2.10. The van der Waals surface area contributed by atoms with Crippen LogP contribution in [-0.2, 0) is 6.54 Å². The van der Waals surface area contributed by atoms with E-state index in [0.29, 0.717) is 17.8 Å². The molecule has 9 nitrogen and oxygen atoms in total. The first kappa shape index (κ1) is 18.5. The molecule has 0 aliphatic rings. The summed E-state index contributed by atoms with van der Waals surface area (Å²) in [6, 6.07) is 2.20. The third kappa shape index (κ3) is 3.38. The second-order valence-electron chi connectivity index (χ2n) is 6.65. The summed E-state index contributed by atoms with van der Waals surface area (Å²) < 4.78 is 12.9. The Morgan fingerprint density at radius 3 is 2.79 bits per heavy atom. The van der Waals surface area contributed by atoms with Crippen molar-refractivity contribution in [2.45, 2.75) is 19.9 Å². The normalized spacial score (nSPS) is 11.2. The Hall–Kier alpha value is -3.88. The van der Waals surface area contributed by atoms with Crippen LogP contribution in [0.25, 0.3) is 22.3 Å². The predicted octanol–water partition coefficient (Wildman–Crippen LogP) is 3.18. The summed E-state index contributed by atoms with van der Waals surface area (Å²) in [6.45, 7) is 3.36. The molecule has 3 aromatic heterocycles. The quantitative estimate of drug-likeness (QED) is 0.365. The van der Waals surface area contributed by atoms with E-state index in [-0.39, 0.29) is 22.5 Å². The molecule has 1 aromatic carbocycles. The van der Waals surface area contributed by atoms with Gasteiger partial charge in [0.1, 0.15) is 35.0 Å². The maximum absolute atomic E-state index is 12.5. The number of aryl methyl sites for hydroxylation is 2. The fourth-order valence-electron chi connectivity index (χ4n) is 3.16. The van der Waals surface area contributed by atoms with E-state index in [1.165, 1.54) is 18.6 Å². The number of anilines is 1. The van der Waals surface area contributed by atoms with Crippen molar-refractivity contribution in [2.75, 3.05) is 11.9 Å². The Labute approximate surface area is 164 Å². The van der Waals surface area contributed by atoms with Crippen LogP contribution in [0.2, 0.25) is 0 Å². The zero-order valence-corrected chi connectivity index (χ0v) is 15.5. The van der Waals surface area contributed by atoms with Crippen LogP contribution in [0.5, 0.6) is 17.2 Å². The number of aromatic hydroxyl groups is 3. The molecule has 0 spiro atoms. The van der Waals surface area contributed by atoms with Gasteiger partial charge in [0.05, 0.1) is 17.6 Å². The summed E-state index contributed by atoms with van der Waals surface area (Å²) in [5, 5.41) is 32.9. The molecule has 0 bridgehead atoms. The van der Waals surface area contributed by atoms with Gasteiger partial charge in [-0.3, -0.25) is 4.79 Å². The summed E-state index contributed by atoms with van der Waals surface area (Å²) in [5.41, 5.74) is 1.10. The van der Waals surface area contributed by atoms with Crippen molar-refractivity contribution < 1.29 is 24.2 Å². The maximum Gasteiger partial charge on any atom is 0.238 e. The second-order valence-corrected chi connectivity index (χ2v) is 6.65. The number of fused-ring (bicyclic) bond motifs is 1. The lowest BCUT2D eigenvalue weighted by molar-refractivity contribution is 0.438. The van der Waals surface area contributed by atoms with Crippen LogP contribution in [0.3, 0.4) is 0 Å². The lowest BCUT2D eigenvalue weighted by atomic mass is 10.1. The molecular formula is C20H19N3O6. The number of phenolic OH excluding ortho intramolecular Hbond substituents is 2. The first-order valence-corrected chi connectivity index (χ1v) is 8.94. The number of nitrogens with zero attached hydrogens (tertiary/aromatic N) is 2. The van der Waals surface area contributed by atoms with Gasteiger partial charge < -0.3 is 34.0 Å². The summed E-state index contributed by atoms with van der Waals surface area (Å²) in [4.78, 5) is 16.6. The van der Waals surface area contributed by atoms with E-state index >= 15 is 0 Å². The average molecular weight is 397 g/mol. The number of furan rings is 1. The standard InChI is InChI=1S/C20H19N3O6/c1-11-7-21-10-23(11)4-2-3-22-14-9-28-8-13(14)20-19(27)18(26)17-15(25)5-12(24)6-16(17)29-20/h5-10,22,24-25,27H,2-4H2,1H3. The topological polar surface area (TPSA) is 134 Å². The second kappa shape index (κ2) is 7.27. The fraction of sp³-hybridized carbons (Fsp3) is 0.200. The van der Waals surface area contributed by atoms with Gasteiger partial charge in [0.25, 0.3) is 0 Å². The van der Waals surface area contributed by atoms with Crippen LogP contribution >= 0.6 is 0 Å². The lowest BCUT2D eigenvalue weighted by Crippen LogP contribution is -2.07. The fourth-order valence-corrected chi connectivity index (χ4v) is 3.16. The highest BCUT2D eigenvalue weighted by molar-refractivity contribution is 5.89. The van der Waals surface area contributed by atoms with Crippen molar-refractivity contribution in [3.8, 4) is 28.6 Å². The number of imidazole rings is 1. The Balaban J connectivity index is 1.60. The highest BCUT2D eigenvalue weighted by Crippen LogP contribution is 2.38. The Bertz CT molecular complexity index is 1240. The van der Waals surface area contributed by atoms with Crippen molar-refractivity contribution in [3.05, 3.63) is 53.1 Å². The number of rotatable bonds is 6. The van der Waals surface area contributed by atoms with Gasteiger partial charge in [-0.15, -0.1) is 0 Å². The summed E-state index contributed by atoms with van der Waals surface area (Å²) >= 11 is 0. The highest BCUT2D eigenvalue weighted by Gasteiger charge is 2.21. The van der Waals surface area contributed by atoms with Gasteiger partial charge in [0.2, 0.25) is 11.2 Å². The molecule has 0 unspecified atom stereocenters. The summed E-state index contributed by atoms with van der Waals surface area (Å²) in [6.07, 6.45) is 7.15. The van der Waals surface area contributed by atoms with Gasteiger partial charge in [0, 0.05) is 37.1 Å². The number of hydrogen-bond donors (Lipinski definition) is 4. The molecule has 0 fully saturated rings. The van der Waals surface area contributed by atoms with Gasteiger partial charge in [-0.25, -0.2) is 4.98 Å². The van der Waals surface area contributed by atoms with Crippen LogP contribution in [0, 0.1) is 6.92 Å². The summed E-state index contributed by atoms with van der Waals surface area (Å²) in [5.74, 6) is -1.52. The average Bonchev–Trinajstić information content (AvgIpc) is 3.30. The third-order valence-electron chi connectivity index (χ3n) is 4.65. The minimum absolute atomic E-state index is 0.0527. The van der Waals surface area contributed by atoms with Crippen molar-refractivity contribution in [1.82, 2.24) is 9.55 Å². The van der Waals surface area contributed by atoms with Crippen LogP contribution in [0.4, 0.5) is 5.69 Å². The minimum Gasteiger partial charge on any atom is -0.508 e. The number of benzene rings is 1. The first-order valence-electron chi connectivity index (χ1n) is 8.94. The Morgan fingerprint density at radius 1 is 1.21 bits per heavy atom. The van der Waals surface area contributed by atoms with Gasteiger partial charge in [0.15, 0.2) is 5.76 Å². The maximum atomic E-state index is 12.5. The molecule has 9 heteroatoms. The zero-order valence-electron chi connectivity index (χ0n) is 15.5. The molecule has 150 valence electrons. The number of hydrogen-bond acceptors (Lipinski definition) is 8. The molecular weight excluding hydrogens is 378 g/mol. The van der Waals surface area contributed by atoms with Gasteiger partial charge in [-0.1, -0.05) is 0 Å². The van der Waals surface area contributed by atoms with E-state index in [1.54, 1.807) is 12.5 Å². The molecule has 0 aliphatic heterocycles. The van der Waals surface area contributed by atoms with E-state index in [2.05, 4.69) is 10.3 Å². The SMILES string of the molecule is Cc1cncn1CCCNc1cocc1-c1oc2cc(O)cc(O)c2c(=O)c1O. The van der Waals surface area contributed by atoms with Crippen LogP contribution in [-0.4, -0.2) is 31.4 Å². The Morgan fingerprint density at radius 2 is 2.03 bits per heavy atom. The monoisotopic (exact) mass is 397 g/mol. The molecule has 3 heterocycles. The molecule has 4 aromatic rings. The molecule has 0 radical (unpaired) electrons. The van der Waals surface area contributed by atoms with E-state index in [1.807, 2.05) is 11.5 Å². The smallest absolute Gasteiger partial charge is 0.238 e. The molecule has 0 aliphatic carbocycles. The van der Waals surface area contributed by atoms with Crippen LogP contribution < -0.4 is 10.7 Å². The minimum atomic E-state index is -0.804. The predicted molar refractivity (Wildman–Crippen MR) is 105 cm³/mol. The van der Waals surface area contributed by atoms with Crippen molar-refractivity contribution in [3.63, 3.8) is 0 Å². The molecule has 0 amide bonds. The van der Waals surface area contributed by atoms with E-state index in [9.17, 15) is 20.1 Å². The number of nitrogens with one attached hydrogen (secondary N) is 1. The van der Waals surface area contributed by atoms with Gasteiger partial charge in [-0.2, -0.15) is 0 Å². The Kier molecular flexibility index (Phi) is 4.63. The molecule has 4 rings (SSSR count). The van der Waals surface area contributed by atoms with Crippen LogP contribution in [0.15, 0.2) is 50.8 Å². The van der Waals surface area contributed by atoms with Gasteiger partial charge >= 0.3 is 0 Å². The van der Waals surface area contributed by atoms with Crippen LogP contribution in [0.1, 0.15) is 12.1 Å². The van der Waals surface area contributed by atoms with Crippen molar-refractivity contribution in [1.29, 1.82) is 0 Å². The molecule has 29 heavy (non-hydrogen) atoms. The van der Waals surface area contributed by atoms with E-state index < -0.39 is 16.9 Å². The third-order valence-corrected chi connectivity index (χ3v) is 4.65. The van der Waals surface area contributed by atoms with Gasteiger partial charge in [-0.05, 0) is 13.3 Å². The molecule has 0 atom stereocenters. The largest absolute Gasteiger partial charge is 0.508 e. The molecule has 0 saturated carbocycles. The van der Waals surface area contributed by atoms with Crippen molar-refractivity contribution in [2.24, 2.45) is 0 Å². The van der Waals surface area contributed by atoms with E-state index in [0.717, 1.165) is 24.7 Å².